The maximum Gasteiger partial charge on any atom is 0.335 e. The Labute approximate surface area is 121 Å². The molecule has 0 spiro atoms. The van der Waals surface area contributed by atoms with Crippen LogP contribution in [0.3, 0.4) is 0 Å². The lowest BCUT2D eigenvalue weighted by Gasteiger charge is -2.06. The maximum absolute atomic E-state index is 11.2. The van der Waals surface area contributed by atoms with Gasteiger partial charge in [0.2, 0.25) is 0 Å². The summed E-state index contributed by atoms with van der Waals surface area (Å²) in [5.41, 5.74) is 1.34. The summed E-state index contributed by atoms with van der Waals surface area (Å²) in [6, 6.07) is 15.1. The number of allylic oxidation sites excluding steroid dienone is 2. The van der Waals surface area contributed by atoms with Crippen molar-refractivity contribution in [3.63, 3.8) is 0 Å². The number of carbonyl (C=O) groups excluding carboxylic acids is 2. The van der Waals surface area contributed by atoms with Crippen molar-refractivity contribution >= 4 is 17.5 Å². The zero-order valence-corrected chi connectivity index (χ0v) is 11.0. The average Bonchev–Trinajstić information content (AvgIpc) is 2.53. The first-order chi connectivity index (χ1) is 10.1. The molecule has 2 aromatic rings. The van der Waals surface area contributed by atoms with E-state index in [4.69, 9.17) is 5.11 Å². The molecule has 4 nitrogen and oxygen atoms in total. The van der Waals surface area contributed by atoms with Gasteiger partial charge >= 0.3 is 5.97 Å². The topological polar surface area (TPSA) is 71.4 Å². The molecule has 0 saturated carbocycles. The highest BCUT2D eigenvalue weighted by molar-refractivity contribution is 6.21. The van der Waals surface area contributed by atoms with E-state index in [1.54, 1.807) is 54.6 Å². The van der Waals surface area contributed by atoms with Crippen LogP contribution in [0, 0.1) is 0 Å². The molecule has 0 amide bonds. The van der Waals surface area contributed by atoms with Crippen molar-refractivity contribution in [1.82, 2.24) is 0 Å². The summed E-state index contributed by atoms with van der Waals surface area (Å²) in [6.45, 7) is 0. The lowest BCUT2D eigenvalue weighted by molar-refractivity contribution is 0.0696. The summed E-state index contributed by atoms with van der Waals surface area (Å²) < 4.78 is 0. The van der Waals surface area contributed by atoms with E-state index in [1.807, 2.05) is 0 Å². The first-order valence-corrected chi connectivity index (χ1v) is 6.23. The third-order valence-electron chi connectivity index (χ3n) is 2.86. The molecule has 0 atom stereocenters. The number of carboxylic acids is 1. The molecular formula is C17H12O4. The Morgan fingerprint density at radius 2 is 1.14 bits per heavy atom. The van der Waals surface area contributed by atoms with Gasteiger partial charge < -0.3 is 5.11 Å². The smallest absolute Gasteiger partial charge is 0.335 e. The molecule has 2 aromatic carbocycles. The Morgan fingerprint density at radius 3 is 1.52 bits per heavy atom. The summed E-state index contributed by atoms with van der Waals surface area (Å²) in [7, 11) is 0. The van der Waals surface area contributed by atoms with Crippen LogP contribution in [0.2, 0.25) is 0 Å². The van der Waals surface area contributed by atoms with Crippen LogP contribution in [0.4, 0.5) is 0 Å². The van der Waals surface area contributed by atoms with Crippen LogP contribution in [-0.4, -0.2) is 22.6 Å². The fourth-order valence-electron chi connectivity index (χ4n) is 1.82. The third-order valence-corrected chi connectivity index (χ3v) is 2.86. The molecule has 3 rings (SSSR count). The van der Waals surface area contributed by atoms with Crippen molar-refractivity contribution in [3.8, 4) is 0 Å². The van der Waals surface area contributed by atoms with Gasteiger partial charge in [-0.1, -0.05) is 42.5 Å². The van der Waals surface area contributed by atoms with E-state index in [2.05, 4.69) is 0 Å². The molecule has 1 N–H and O–H groups in total. The van der Waals surface area contributed by atoms with Gasteiger partial charge in [0, 0.05) is 11.1 Å². The summed E-state index contributed by atoms with van der Waals surface area (Å²) in [5.74, 6) is -1.06. The van der Waals surface area contributed by atoms with Crippen LogP contribution < -0.4 is 0 Å². The van der Waals surface area contributed by atoms with Crippen LogP contribution in [0.15, 0.2) is 66.7 Å². The SMILES string of the molecule is O=C(O)c1ccccc1.O=C1C=CC(=O)c2ccccc21. The number of carboxylic acid groups (broad SMARTS) is 1. The molecule has 1 aliphatic rings. The normalized spacial score (nSPS) is 12.2. The standard InChI is InChI=1S/C10H6O2.C7H6O2/c11-9-5-6-10(12)8-4-2-1-3-7(8)9;8-7(9)6-4-2-1-3-5-6/h1-6H;1-5H,(H,8,9). The first kappa shape index (κ1) is 14.4. The minimum atomic E-state index is -0.879. The van der Waals surface area contributed by atoms with E-state index in [0.717, 1.165) is 0 Å². The predicted octanol–water partition coefficient (Wildman–Crippen LogP) is 3.01. The van der Waals surface area contributed by atoms with Crippen molar-refractivity contribution in [3.05, 3.63) is 83.4 Å². The molecule has 4 heteroatoms. The Kier molecular flexibility index (Phi) is 4.41. The molecule has 0 radical (unpaired) electrons. The second-order valence-electron chi connectivity index (χ2n) is 4.28. The maximum atomic E-state index is 11.2. The first-order valence-electron chi connectivity index (χ1n) is 6.23. The molecule has 21 heavy (non-hydrogen) atoms. The molecule has 104 valence electrons. The highest BCUT2D eigenvalue weighted by Gasteiger charge is 2.16. The largest absolute Gasteiger partial charge is 0.478 e. The van der Waals surface area contributed by atoms with E-state index in [-0.39, 0.29) is 11.6 Å². The molecule has 0 aliphatic heterocycles. The minimum Gasteiger partial charge on any atom is -0.478 e. The number of fused-ring (bicyclic) bond motifs is 1. The second kappa shape index (κ2) is 6.43. The molecule has 0 unspecified atom stereocenters. The molecule has 0 heterocycles. The van der Waals surface area contributed by atoms with Crippen molar-refractivity contribution < 1.29 is 19.5 Å². The number of hydrogen-bond donors (Lipinski definition) is 1. The van der Waals surface area contributed by atoms with Crippen LogP contribution in [-0.2, 0) is 0 Å². The van der Waals surface area contributed by atoms with E-state index in [9.17, 15) is 14.4 Å². The third kappa shape index (κ3) is 3.51. The highest BCUT2D eigenvalue weighted by Crippen LogP contribution is 2.15. The van der Waals surface area contributed by atoms with Crippen LogP contribution in [0.1, 0.15) is 31.1 Å². The summed E-state index contributed by atoms with van der Waals surface area (Å²) in [4.78, 5) is 32.6. The average molecular weight is 280 g/mol. The number of ketones is 2. The van der Waals surface area contributed by atoms with Gasteiger partial charge in [-0.3, -0.25) is 9.59 Å². The zero-order valence-electron chi connectivity index (χ0n) is 11.0. The van der Waals surface area contributed by atoms with Gasteiger partial charge in [0.1, 0.15) is 0 Å². The summed E-state index contributed by atoms with van der Waals surface area (Å²) in [5, 5.41) is 8.38. The predicted molar refractivity (Wildman–Crippen MR) is 77.6 cm³/mol. The van der Waals surface area contributed by atoms with Gasteiger partial charge in [-0.2, -0.15) is 0 Å². The van der Waals surface area contributed by atoms with Crippen LogP contribution in [0.5, 0.6) is 0 Å². The molecule has 0 aromatic heterocycles. The van der Waals surface area contributed by atoms with E-state index in [0.29, 0.717) is 16.7 Å². The van der Waals surface area contributed by atoms with Gasteiger partial charge in [-0.05, 0) is 24.3 Å². The summed E-state index contributed by atoms with van der Waals surface area (Å²) in [6.07, 6.45) is 2.62. The number of aromatic carboxylic acids is 1. The van der Waals surface area contributed by atoms with Crippen molar-refractivity contribution in [1.29, 1.82) is 0 Å². The Hall–Kier alpha value is -3.01. The van der Waals surface area contributed by atoms with Crippen molar-refractivity contribution in [2.24, 2.45) is 0 Å². The van der Waals surface area contributed by atoms with Crippen LogP contribution >= 0.6 is 0 Å². The minimum absolute atomic E-state index is 0.0924. The summed E-state index contributed by atoms with van der Waals surface area (Å²) >= 11 is 0. The van der Waals surface area contributed by atoms with E-state index >= 15 is 0 Å². The van der Waals surface area contributed by atoms with Crippen molar-refractivity contribution in [2.45, 2.75) is 0 Å². The van der Waals surface area contributed by atoms with E-state index in [1.165, 1.54) is 12.2 Å². The highest BCUT2D eigenvalue weighted by atomic mass is 16.4. The number of hydrogen-bond acceptors (Lipinski definition) is 3. The number of rotatable bonds is 1. The Morgan fingerprint density at radius 1 is 0.714 bits per heavy atom. The molecule has 1 aliphatic carbocycles. The van der Waals surface area contributed by atoms with Gasteiger partial charge in [0.25, 0.3) is 0 Å². The fraction of sp³-hybridized carbons (Fsp3) is 0. The van der Waals surface area contributed by atoms with Gasteiger partial charge in [0.05, 0.1) is 5.56 Å². The molecule has 0 saturated heterocycles. The van der Waals surface area contributed by atoms with Gasteiger partial charge in [0.15, 0.2) is 11.6 Å². The lowest BCUT2D eigenvalue weighted by Crippen LogP contribution is -2.10. The Bertz CT molecular complexity index is 678. The number of carbonyl (C=O) groups is 3. The number of benzene rings is 2. The molecule has 0 fully saturated rings. The van der Waals surface area contributed by atoms with Gasteiger partial charge in [-0.15, -0.1) is 0 Å². The quantitative estimate of drug-likeness (QED) is 0.871. The van der Waals surface area contributed by atoms with Crippen molar-refractivity contribution in [2.75, 3.05) is 0 Å². The Balaban J connectivity index is 0.000000161. The monoisotopic (exact) mass is 280 g/mol. The van der Waals surface area contributed by atoms with Crippen LogP contribution in [0.25, 0.3) is 0 Å². The van der Waals surface area contributed by atoms with E-state index < -0.39 is 5.97 Å². The molecule has 0 bridgehead atoms. The van der Waals surface area contributed by atoms with Gasteiger partial charge in [-0.25, -0.2) is 4.79 Å². The second-order valence-corrected chi connectivity index (χ2v) is 4.28. The molecular weight excluding hydrogens is 268 g/mol. The lowest BCUT2D eigenvalue weighted by atomic mass is 9.95. The zero-order chi connectivity index (χ0) is 15.2. The fourth-order valence-corrected chi connectivity index (χ4v) is 1.82.